The number of nitrogens with one attached hydrogen (secondary N) is 1. The van der Waals surface area contributed by atoms with Gasteiger partial charge in [-0.3, -0.25) is 0 Å². The highest BCUT2D eigenvalue weighted by Gasteiger charge is 1.65. The molecule has 0 aliphatic carbocycles. The number of nitrogens with two attached hydrogens (primary N) is 1. The summed E-state index contributed by atoms with van der Waals surface area (Å²) in [4.78, 5) is 17.1. The lowest BCUT2D eigenvalue weighted by Crippen LogP contribution is -2.03. The summed E-state index contributed by atoms with van der Waals surface area (Å²) in [6.07, 6.45) is -0.583. The molecule has 0 saturated heterocycles. The summed E-state index contributed by atoms with van der Waals surface area (Å²) in [6, 6.07) is 0. The Labute approximate surface area is 51.5 Å². The first kappa shape index (κ1) is 25.6. The average Bonchev–Trinajstić information content (AvgIpc) is 1.33. The van der Waals surface area contributed by atoms with Gasteiger partial charge < -0.3 is 23.1 Å². The fraction of sp³-hybridized carbons (Fsp3) is 0. The highest BCUT2D eigenvalue weighted by molar-refractivity contribution is 5.61. The topological polar surface area (TPSA) is 174 Å². The summed E-state index contributed by atoms with van der Waals surface area (Å²) in [5.41, 5.74) is 4.03. The third-order valence-electron chi connectivity index (χ3n) is 0. The molecule has 7 heteroatoms. The molecule has 0 radical (unpaired) electrons. The number of primary amides is 1. The highest BCUT2D eigenvalue weighted by atomic mass is 16.4. The molecule has 0 aliphatic rings. The predicted octanol–water partition coefficient (Wildman–Crippen LogP) is -0.152. The molecule has 0 bridgehead atoms. The number of carbonyl (C=O) groups excluding carboxylic acids is 1. The molecular weight excluding hydrogens is 128 g/mol. The van der Waals surface area contributed by atoms with Gasteiger partial charge in [0.05, 0.1) is 0 Å². The molecule has 0 aromatic heterocycles. The molecule has 0 aromatic rings. The minimum atomic E-state index is -1.33. The first-order valence-corrected chi connectivity index (χ1v) is 1.17. The zero-order chi connectivity index (χ0) is 6.28. The van der Waals surface area contributed by atoms with E-state index in [1.165, 1.54) is 0 Å². The lowest BCUT2D eigenvalue weighted by atomic mass is 11.3. The summed E-state index contributed by atoms with van der Waals surface area (Å²) in [5.74, 6) is 0. The Morgan fingerprint density at radius 2 is 1.56 bits per heavy atom. The zero-order valence-corrected chi connectivity index (χ0v) is 4.76. The van der Waals surface area contributed by atoms with Crippen molar-refractivity contribution in [3.63, 3.8) is 0 Å². The Kier molecular flexibility index (Phi) is 87.9. The van der Waals surface area contributed by atoms with Gasteiger partial charge in [-0.1, -0.05) is 0 Å². The molecule has 0 fully saturated rings. The van der Waals surface area contributed by atoms with E-state index in [1.807, 2.05) is 0 Å². The summed E-state index contributed by atoms with van der Waals surface area (Å²) in [7, 11) is 0. The highest BCUT2D eigenvalue weighted by Crippen LogP contribution is 1.34. The van der Waals surface area contributed by atoms with E-state index in [2.05, 4.69) is 5.73 Å². The molecule has 10 N–H and O–H groups in total. The van der Waals surface area contributed by atoms with E-state index in [4.69, 9.17) is 20.1 Å². The molecule has 0 saturated carbocycles. The number of carbonyl (C=O) groups is 1. The van der Waals surface area contributed by atoms with Crippen LogP contribution in [0.2, 0.25) is 0 Å². The van der Waals surface area contributed by atoms with Crippen molar-refractivity contribution in [1.29, 1.82) is 5.41 Å². The molecule has 7 nitrogen and oxygen atoms in total. The molecule has 0 spiro atoms. The summed E-state index contributed by atoms with van der Waals surface area (Å²) in [6.45, 7) is 0. The van der Waals surface area contributed by atoms with Crippen molar-refractivity contribution >= 4 is 12.2 Å². The van der Waals surface area contributed by atoms with Crippen LogP contribution in [-0.2, 0) is 4.79 Å². The molecule has 0 heterocycles. The first-order chi connectivity index (χ1) is 3.15. The van der Waals surface area contributed by atoms with Crippen LogP contribution >= 0.6 is 0 Å². The van der Waals surface area contributed by atoms with Gasteiger partial charge in [0.25, 0.3) is 0 Å². The normalized spacial score (nSPS) is 3.56. The number of rotatable bonds is 0. The Morgan fingerprint density at radius 1 is 1.56 bits per heavy atom. The van der Waals surface area contributed by atoms with E-state index in [0.717, 1.165) is 6.08 Å². The summed E-state index contributed by atoms with van der Waals surface area (Å²) >= 11 is 0. The van der Waals surface area contributed by atoms with Crippen molar-refractivity contribution < 1.29 is 14.7 Å². The van der Waals surface area contributed by atoms with Gasteiger partial charge in [-0.15, -0.1) is 0 Å². The van der Waals surface area contributed by atoms with Gasteiger partial charge in [-0.25, -0.2) is 15.0 Å². The lowest BCUT2D eigenvalue weighted by molar-refractivity contribution is 0.205. The fourth-order valence-corrected chi connectivity index (χ4v) is 0. The number of carboxylic acid groups (broad SMARTS) is 1. The Morgan fingerprint density at radius 3 is 1.56 bits per heavy atom. The van der Waals surface area contributed by atoms with Crippen molar-refractivity contribution in [1.82, 2.24) is 12.3 Å². The smallest absolute Gasteiger partial charge is 0.402 e. The Bertz CT molecular complexity index is 81.8. The zero-order valence-electron chi connectivity index (χ0n) is 4.76. The average molecular weight is 138 g/mol. The number of isocyanates is 1. The molecule has 1 amide bonds. The van der Waals surface area contributed by atoms with Gasteiger partial charge in [0.2, 0.25) is 6.08 Å². The second kappa shape index (κ2) is 30.9. The van der Waals surface area contributed by atoms with Crippen LogP contribution in [0.3, 0.4) is 0 Å². The van der Waals surface area contributed by atoms with Crippen molar-refractivity contribution in [2.45, 2.75) is 0 Å². The van der Waals surface area contributed by atoms with Crippen molar-refractivity contribution in [3.05, 3.63) is 0 Å². The molecule has 0 atom stereocenters. The van der Waals surface area contributed by atoms with Crippen LogP contribution in [0.1, 0.15) is 0 Å². The maximum Gasteiger partial charge on any atom is 0.402 e. The van der Waals surface area contributed by atoms with Gasteiger partial charge in [0, 0.05) is 0 Å². The van der Waals surface area contributed by atoms with E-state index < -0.39 is 6.09 Å². The molecule has 0 aromatic carbocycles. The van der Waals surface area contributed by atoms with Crippen LogP contribution in [0.4, 0.5) is 4.79 Å². The molecule has 0 rings (SSSR count). The standard InChI is InChI=1S/CH3NO2.CHNO.2H3N/c2-1(3)4;2-1-3;;/h2H2,(H,3,4);2H;2*1H3. The van der Waals surface area contributed by atoms with Crippen LogP contribution in [0.15, 0.2) is 0 Å². The molecule has 9 heavy (non-hydrogen) atoms. The van der Waals surface area contributed by atoms with E-state index in [-0.39, 0.29) is 12.3 Å². The molecule has 0 unspecified atom stereocenters. The molecule has 0 aliphatic heterocycles. The lowest BCUT2D eigenvalue weighted by Gasteiger charge is -1.61. The van der Waals surface area contributed by atoms with Crippen LogP contribution in [0, 0.1) is 5.41 Å². The minimum Gasteiger partial charge on any atom is -0.465 e. The maximum absolute atomic E-state index is 8.78. The number of amides is 1. The van der Waals surface area contributed by atoms with Gasteiger partial charge >= 0.3 is 6.09 Å². The van der Waals surface area contributed by atoms with E-state index >= 15 is 0 Å². The van der Waals surface area contributed by atoms with Crippen molar-refractivity contribution in [2.75, 3.05) is 0 Å². The fourth-order valence-electron chi connectivity index (χ4n) is 0. The van der Waals surface area contributed by atoms with E-state index in [9.17, 15) is 0 Å². The van der Waals surface area contributed by atoms with Crippen LogP contribution in [0.5, 0.6) is 0 Å². The monoisotopic (exact) mass is 138 g/mol. The first-order valence-electron chi connectivity index (χ1n) is 1.17. The molecular formula is C2H10N4O3. The van der Waals surface area contributed by atoms with Gasteiger partial charge in [-0.2, -0.15) is 0 Å². The Hall–Kier alpha value is -1.43. The second-order valence-electron chi connectivity index (χ2n) is 0.440. The quantitative estimate of drug-likeness (QED) is 0.230. The maximum atomic E-state index is 8.78. The third-order valence-corrected chi connectivity index (χ3v) is 0. The van der Waals surface area contributed by atoms with Crippen LogP contribution in [-0.4, -0.2) is 17.3 Å². The van der Waals surface area contributed by atoms with E-state index in [1.54, 1.807) is 0 Å². The summed E-state index contributed by atoms with van der Waals surface area (Å²) in [5, 5.41) is 12.6. The van der Waals surface area contributed by atoms with Gasteiger partial charge in [0.1, 0.15) is 0 Å². The second-order valence-corrected chi connectivity index (χ2v) is 0.440. The van der Waals surface area contributed by atoms with Crippen molar-refractivity contribution in [3.8, 4) is 0 Å². The minimum absolute atomic E-state index is 0. The number of hydrogen-bond donors (Lipinski definition) is 5. The third kappa shape index (κ3) is 67.1. The summed E-state index contributed by atoms with van der Waals surface area (Å²) < 4.78 is 0. The Balaban J connectivity index is -0.0000000233. The van der Waals surface area contributed by atoms with Crippen LogP contribution in [0.25, 0.3) is 0 Å². The number of hydrogen-bond acceptors (Lipinski definition) is 5. The van der Waals surface area contributed by atoms with Crippen LogP contribution < -0.4 is 18.0 Å². The largest absolute Gasteiger partial charge is 0.465 e. The SMILES string of the molecule is N.N.N=C=O.NC(=O)O. The van der Waals surface area contributed by atoms with Gasteiger partial charge in [0.15, 0.2) is 0 Å². The van der Waals surface area contributed by atoms with E-state index in [0.29, 0.717) is 0 Å². The van der Waals surface area contributed by atoms with Crippen molar-refractivity contribution in [2.24, 2.45) is 5.73 Å². The molecule has 56 valence electrons. The van der Waals surface area contributed by atoms with Gasteiger partial charge in [-0.05, 0) is 0 Å². The predicted molar refractivity (Wildman–Crippen MR) is 30.7 cm³/mol.